The van der Waals surface area contributed by atoms with Crippen molar-refractivity contribution in [3.8, 4) is 0 Å². The molecule has 4 aliphatic carbocycles. The van der Waals surface area contributed by atoms with E-state index in [1.165, 1.54) is 32.2 Å². The molecule has 0 radical (unpaired) electrons. The normalized spacial score (nSPS) is 53.8. The van der Waals surface area contributed by atoms with Gasteiger partial charge in [0.05, 0.1) is 6.54 Å². The molecule has 1 heteroatoms. The third kappa shape index (κ3) is 1.24. The van der Waals surface area contributed by atoms with Crippen LogP contribution in [0, 0.1) is 23.2 Å². The second-order valence-corrected chi connectivity index (χ2v) is 6.00. The van der Waals surface area contributed by atoms with Crippen LogP contribution in [0.4, 0.5) is 0 Å². The molecule has 4 rings (SSSR count). The van der Waals surface area contributed by atoms with E-state index in [4.69, 9.17) is 0 Å². The van der Waals surface area contributed by atoms with Crippen LogP contribution >= 0.6 is 0 Å². The molecule has 0 amide bonds. The van der Waals surface area contributed by atoms with Crippen LogP contribution in [0.3, 0.4) is 0 Å². The maximum Gasteiger partial charge on any atom is 0.0797 e. The fraction of sp³-hybridized carbons (Fsp3) is 1.00. The maximum atomic E-state index is 4.22. The molecule has 0 aliphatic heterocycles. The highest BCUT2D eigenvalue weighted by atomic mass is 14.6. The third-order valence-corrected chi connectivity index (χ3v) is 5.06. The number of hydrogen-bond donors (Lipinski definition) is 1. The predicted molar refractivity (Wildman–Crippen MR) is 53.0 cm³/mol. The van der Waals surface area contributed by atoms with Crippen LogP contribution in [0.1, 0.15) is 44.9 Å². The average Bonchev–Trinajstić information content (AvgIpc) is 2.32. The maximum absolute atomic E-state index is 4.22. The van der Waals surface area contributed by atoms with Crippen LogP contribution < -0.4 is 5.73 Å². The van der Waals surface area contributed by atoms with Gasteiger partial charge in [-0.15, -0.1) is 0 Å². The lowest BCUT2D eigenvalue weighted by Crippen LogP contribution is -2.59. The van der Waals surface area contributed by atoms with Crippen molar-refractivity contribution in [2.75, 3.05) is 6.54 Å². The van der Waals surface area contributed by atoms with Gasteiger partial charge in [0.2, 0.25) is 0 Å². The number of hydrogen-bond acceptors (Lipinski definition) is 0. The minimum Gasteiger partial charge on any atom is -0.357 e. The zero-order valence-electron chi connectivity index (χ0n) is 8.60. The summed E-state index contributed by atoms with van der Waals surface area (Å²) in [6.07, 6.45) is 10.8. The van der Waals surface area contributed by atoms with Gasteiger partial charge in [0.1, 0.15) is 0 Å². The molecule has 74 valence electrons. The molecule has 13 heavy (non-hydrogen) atoms. The Hall–Kier alpha value is -0.0400. The van der Waals surface area contributed by atoms with Crippen molar-refractivity contribution < 1.29 is 5.73 Å². The van der Waals surface area contributed by atoms with Gasteiger partial charge in [-0.05, 0) is 62.7 Å². The molecule has 0 aromatic rings. The lowest BCUT2D eigenvalue weighted by atomic mass is 9.61. The van der Waals surface area contributed by atoms with Crippen LogP contribution in [0.2, 0.25) is 0 Å². The molecule has 4 saturated carbocycles. The summed E-state index contributed by atoms with van der Waals surface area (Å²) in [6, 6.07) is 0. The Morgan fingerprint density at radius 2 is 1.62 bits per heavy atom. The third-order valence-electron chi connectivity index (χ3n) is 5.06. The van der Waals surface area contributed by atoms with Crippen LogP contribution in [-0.4, -0.2) is 6.54 Å². The standard InChI is InChI=1S/C12H21N/c13-8-12-2-1-9-3-10(6-12)5-11(4-9)7-12/h9-11H,1-8,13H2/p+1/t9?,10-,11+,12?. The fourth-order valence-electron chi connectivity index (χ4n) is 4.62. The molecule has 4 bridgehead atoms. The van der Waals surface area contributed by atoms with E-state index in [1.807, 2.05) is 0 Å². The Kier molecular flexibility index (Phi) is 1.74. The number of rotatable bonds is 1. The highest BCUT2D eigenvalue weighted by Gasteiger charge is 2.47. The molecule has 4 fully saturated rings. The fourth-order valence-corrected chi connectivity index (χ4v) is 4.62. The van der Waals surface area contributed by atoms with E-state index in [9.17, 15) is 0 Å². The first-order valence-electron chi connectivity index (χ1n) is 6.09. The zero-order valence-corrected chi connectivity index (χ0v) is 8.60. The second-order valence-electron chi connectivity index (χ2n) is 6.00. The first-order valence-corrected chi connectivity index (χ1v) is 6.09. The van der Waals surface area contributed by atoms with Crippen LogP contribution in [0.25, 0.3) is 0 Å². The summed E-state index contributed by atoms with van der Waals surface area (Å²) in [5, 5.41) is 0. The molecular weight excluding hydrogens is 158 g/mol. The first kappa shape index (κ1) is 8.28. The molecule has 0 saturated heterocycles. The van der Waals surface area contributed by atoms with E-state index >= 15 is 0 Å². The van der Waals surface area contributed by atoms with Crippen molar-refractivity contribution in [1.29, 1.82) is 0 Å². The summed E-state index contributed by atoms with van der Waals surface area (Å²) in [7, 11) is 0. The van der Waals surface area contributed by atoms with Gasteiger partial charge < -0.3 is 5.73 Å². The van der Waals surface area contributed by atoms with Crippen molar-refractivity contribution in [2.45, 2.75) is 44.9 Å². The summed E-state index contributed by atoms with van der Waals surface area (Å²) in [5.74, 6) is 3.31. The van der Waals surface area contributed by atoms with Crippen LogP contribution in [-0.2, 0) is 0 Å². The highest BCUT2D eigenvalue weighted by Crippen LogP contribution is 2.56. The lowest BCUT2D eigenvalue weighted by molar-refractivity contribution is -0.397. The van der Waals surface area contributed by atoms with Crippen molar-refractivity contribution >= 4 is 0 Å². The van der Waals surface area contributed by atoms with Gasteiger partial charge >= 0.3 is 0 Å². The van der Waals surface area contributed by atoms with Crippen molar-refractivity contribution in [1.82, 2.24) is 0 Å². The van der Waals surface area contributed by atoms with Crippen molar-refractivity contribution in [3.63, 3.8) is 0 Å². The van der Waals surface area contributed by atoms with E-state index in [0.29, 0.717) is 5.41 Å². The molecule has 3 N–H and O–H groups in total. The largest absolute Gasteiger partial charge is 0.357 e. The predicted octanol–water partition coefficient (Wildman–Crippen LogP) is 1.83. The summed E-state index contributed by atoms with van der Waals surface area (Å²) in [6.45, 7) is 1.22. The van der Waals surface area contributed by atoms with Gasteiger partial charge in [-0.2, -0.15) is 0 Å². The van der Waals surface area contributed by atoms with E-state index in [1.54, 1.807) is 19.3 Å². The Bertz CT molecular complexity index is 197. The first-order chi connectivity index (χ1) is 6.30. The smallest absolute Gasteiger partial charge is 0.0797 e. The minimum atomic E-state index is 0.707. The Labute approximate surface area is 81.1 Å². The quantitative estimate of drug-likeness (QED) is 0.637. The molecular formula is C12H22N+. The minimum absolute atomic E-state index is 0.707. The van der Waals surface area contributed by atoms with Crippen LogP contribution in [0.5, 0.6) is 0 Å². The van der Waals surface area contributed by atoms with Crippen molar-refractivity contribution in [3.05, 3.63) is 0 Å². The van der Waals surface area contributed by atoms with Gasteiger partial charge in [0.25, 0.3) is 0 Å². The molecule has 1 nitrogen and oxygen atoms in total. The Balaban J connectivity index is 1.92. The molecule has 4 aliphatic rings. The second kappa shape index (κ2) is 2.73. The van der Waals surface area contributed by atoms with Crippen molar-refractivity contribution in [2.24, 2.45) is 23.2 Å². The number of quaternary nitrogens is 1. The van der Waals surface area contributed by atoms with Gasteiger partial charge in [-0.3, -0.25) is 0 Å². The molecule has 0 heterocycles. The lowest BCUT2D eigenvalue weighted by Gasteiger charge is -2.43. The summed E-state index contributed by atoms with van der Waals surface area (Å²) in [5.41, 5.74) is 4.92. The van der Waals surface area contributed by atoms with E-state index in [-0.39, 0.29) is 0 Å². The van der Waals surface area contributed by atoms with Gasteiger partial charge in [0.15, 0.2) is 0 Å². The molecule has 0 spiro atoms. The SMILES string of the molecule is [NH3+]CC12CCC3C[C@H](C[C@H](C3)C1)C2. The summed E-state index contributed by atoms with van der Waals surface area (Å²) in [4.78, 5) is 0. The number of fused-ring (bicyclic) bond motifs is 1. The zero-order chi connectivity index (χ0) is 8.89. The van der Waals surface area contributed by atoms with Crippen LogP contribution in [0.15, 0.2) is 0 Å². The molecule has 2 unspecified atom stereocenters. The van der Waals surface area contributed by atoms with E-state index in [0.717, 1.165) is 17.8 Å². The van der Waals surface area contributed by atoms with Gasteiger partial charge in [0, 0.05) is 5.41 Å². The summed E-state index contributed by atoms with van der Waals surface area (Å²) < 4.78 is 0. The molecule has 4 atom stereocenters. The Morgan fingerprint density at radius 3 is 2.23 bits per heavy atom. The monoisotopic (exact) mass is 180 g/mol. The summed E-state index contributed by atoms with van der Waals surface area (Å²) >= 11 is 0. The van der Waals surface area contributed by atoms with Gasteiger partial charge in [-0.1, -0.05) is 0 Å². The van der Waals surface area contributed by atoms with E-state index < -0.39 is 0 Å². The topological polar surface area (TPSA) is 27.6 Å². The Morgan fingerprint density at radius 1 is 1.00 bits per heavy atom. The highest BCUT2D eigenvalue weighted by molar-refractivity contribution is 4.97. The van der Waals surface area contributed by atoms with Gasteiger partial charge in [-0.25, -0.2) is 0 Å². The average molecular weight is 180 g/mol. The van der Waals surface area contributed by atoms with E-state index in [2.05, 4.69) is 5.73 Å². The molecule has 0 aromatic carbocycles. The molecule has 0 aromatic heterocycles.